The SMILES string of the molecule is C=CC(=O)Nc1cccc(CC(=O)NCCC2C(=O)Nc3ccccc32)c1. The normalized spacial score (nSPS) is 14.8. The fraction of sp³-hybridized carbons (Fsp3) is 0.190. The highest BCUT2D eigenvalue weighted by Gasteiger charge is 2.29. The van der Waals surface area contributed by atoms with Crippen molar-refractivity contribution in [2.24, 2.45) is 0 Å². The minimum absolute atomic E-state index is 0.0314. The van der Waals surface area contributed by atoms with E-state index in [4.69, 9.17) is 0 Å². The van der Waals surface area contributed by atoms with Gasteiger partial charge in [-0.3, -0.25) is 14.4 Å². The second-order valence-corrected chi connectivity index (χ2v) is 6.34. The van der Waals surface area contributed by atoms with E-state index in [0.29, 0.717) is 18.7 Å². The van der Waals surface area contributed by atoms with Crippen LogP contribution in [0.25, 0.3) is 0 Å². The largest absolute Gasteiger partial charge is 0.356 e. The smallest absolute Gasteiger partial charge is 0.247 e. The van der Waals surface area contributed by atoms with Crippen molar-refractivity contribution in [3.05, 3.63) is 72.3 Å². The van der Waals surface area contributed by atoms with E-state index in [9.17, 15) is 14.4 Å². The van der Waals surface area contributed by atoms with Gasteiger partial charge < -0.3 is 16.0 Å². The van der Waals surface area contributed by atoms with Gasteiger partial charge in [-0.15, -0.1) is 0 Å². The molecule has 0 fully saturated rings. The molecule has 0 aromatic heterocycles. The van der Waals surface area contributed by atoms with Crippen molar-refractivity contribution in [1.82, 2.24) is 5.32 Å². The molecule has 0 bridgehead atoms. The zero-order chi connectivity index (χ0) is 19.2. The Kier molecular flexibility index (Phi) is 5.66. The Morgan fingerprint density at radius 1 is 1.15 bits per heavy atom. The number of anilines is 2. The van der Waals surface area contributed by atoms with Gasteiger partial charge in [0.15, 0.2) is 0 Å². The Balaban J connectivity index is 1.51. The number of hydrogen-bond donors (Lipinski definition) is 3. The zero-order valence-corrected chi connectivity index (χ0v) is 14.8. The fourth-order valence-electron chi connectivity index (χ4n) is 3.12. The molecule has 1 atom stereocenters. The molecule has 3 N–H and O–H groups in total. The Bertz CT molecular complexity index is 892. The molecule has 1 heterocycles. The monoisotopic (exact) mass is 363 g/mol. The molecular weight excluding hydrogens is 342 g/mol. The lowest BCUT2D eigenvalue weighted by atomic mass is 9.97. The van der Waals surface area contributed by atoms with Gasteiger partial charge in [-0.05, 0) is 41.8 Å². The van der Waals surface area contributed by atoms with Gasteiger partial charge in [-0.1, -0.05) is 36.9 Å². The molecule has 2 aromatic carbocycles. The maximum Gasteiger partial charge on any atom is 0.247 e. The second-order valence-electron chi connectivity index (χ2n) is 6.34. The number of carbonyl (C=O) groups excluding carboxylic acids is 3. The second kappa shape index (κ2) is 8.31. The van der Waals surface area contributed by atoms with E-state index in [1.165, 1.54) is 6.08 Å². The molecule has 1 aliphatic heterocycles. The highest BCUT2D eigenvalue weighted by molar-refractivity contribution is 6.02. The van der Waals surface area contributed by atoms with Crippen LogP contribution in [0.4, 0.5) is 11.4 Å². The van der Waals surface area contributed by atoms with Crippen LogP contribution in [0.1, 0.15) is 23.5 Å². The van der Waals surface area contributed by atoms with Crippen LogP contribution in [0.15, 0.2) is 61.2 Å². The molecule has 0 saturated heterocycles. The van der Waals surface area contributed by atoms with Gasteiger partial charge in [0.25, 0.3) is 0 Å². The first-order valence-electron chi connectivity index (χ1n) is 8.75. The van der Waals surface area contributed by atoms with Crippen LogP contribution in [-0.2, 0) is 20.8 Å². The van der Waals surface area contributed by atoms with E-state index in [-0.39, 0.29) is 30.1 Å². The van der Waals surface area contributed by atoms with E-state index in [0.717, 1.165) is 16.8 Å². The van der Waals surface area contributed by atoms with E-state index in [1.54, 1.807) is 18.2 Å². The van der Waals surface area contributed by atoms with E-state index in [2.05, 4.69) is 22.5 Å². The molecule has 0 spiro atoms. The molecule has 6 nitrogen and oxygen atoms in total. The summed E-state index contributed by atoms with van der Waals surface area (Å²) in [7, 11) is 0. The van der Waals surface area contributed by atoms with Crippen LogP contribution in [0.3, 0.4) is 0 Å². The van der Waals surface area contributed by atoms with Gasteiger partial charge in [0, 0.05) is 17.9 Å². The number of amides is 3. The molecule has 2 aromatic rings. The first-order chi connectivity index (χ1) is 13.1. The van der Waals surface area contributed by atoms with Crippen molar-refractivity contribution >= 4 is 29.1 Å². The van der Waals surface area contributed by atoms with Gasteiger partial charge in [-0.25, -0.2) is 0 Å². The van der Waals surface area contributed by atoms with Crippen molar-refractivity contribution in [3.63, 3.8) is 0 Å². The highest BCUT2D eigenvalue weighted by atomic mass is 16.2. The number of benzene rings is 2. The fourth-order valence-corrected chi connectivity index (χ4v) is 3.12. The zero-order valence-electron chi connectivity index (χ0n) is 14.8. The van der Waals surface area contributed by atoms with Gasteiger partial charge >= 0.3 is 0 Å². The molecule has 3 amide bonds. The number of para-hydroxylation sites is 1. The molecule has 1 unspecified atom stereocenters. The van der Waals surface area contributed by atoms with Crippen molar-refractivity contribution in [3.8, 4) is 0 Å². The van der Waals surface area contributed by atoms with Gasteiger partial charge in [0.05, 0.1) is 12.3 Å². The molecule has 0 aliphatic carbocycles. The third-order valence-corrected chi connectivity index (χ3v) is 4.41. The number of fused-ring (bicyclic) bond motifs is 1. The summed E-state index contributed by atoms with van der Waals surface area (Å²) in [6.45, 7) is 3.82. The van der Waals surface area contributed by atoms with Crippen LogP contribution in [0, 0.1) is 0 Å². The Morgan fingerprint density at radius 2 is 1.96 bits per heavy atom. The van der Waals surface area contributed by atoms with Crippen molar-refractivity contribution in [2.45, 2.75) is 18.8 Å². The first-order valence-corrected chi connectivity index (χ1v) is 8.75. The number of rotatable bonds is 7. The average Bonchev–Trinajstić information content (AvgIpc) is 2.97. The molecule has 3 rings (SSSR count). The Morgan fingerprint density at radius 3 is 2.78 bits per heavy atom. The molecule has 0 saturated carbocycles. The number of hydrogen-bond acceptors (Lipinski definition) is 3. The van der Waals surface area contributed by atoms with Crippen molar-refractivity contribution in [2.75, 3.05) is 17.2 Å². The lowest BCUT2D eigenvalue weighted by Crippen LogP contribution is -2.28. The summed E-state index contributed by atoms with van der Waals surface area (Å²) < 4.78 is 0. The summed E-state index contributed by atoms with van der Waals surface area (Å²) in [4.78, 5) is 35.6. The van der Waals surface area contributed by atoms with Gasteiger partial charge in [0.2, 0.25) is 17.7 Å². The summed E-state index contributed by atoms with van der Waals surface area (Å²) in [6, 6.07) is 14.7. The first kappa shape index (κ1) is 18.4. The quantitative estimate of drug-likeness (QED) is 0.661. The van der Waals surface area contributed by atoms with Crippen LogP contribution < -0.4 is 16.0 Å². The van der Waals surface area contributed by atoms with Crippen molar-refractivity contribution < 1.29 is 14.4 Å². The molecule has 1 aliphatic rings. The standard InChI is InChI=1S/C21H21N3O3/c1-2-19(25)23-15-7-5-6-14(12-15)13-20(26)22-11-10-17-16-8-3-4-9-18(16)24-21(17)27/h2-9,12,17H,1,10-11,13H2,(H,22,26)(H,23,25)(H,24,27). The molecule has 27 heavy (non-hydrogen) atoms. The third-order valence-electron chi connectivity index (χ3n) is 4.41. The number of nitrogens with one attached hydrogen (secondary N) is 3. The predicted molar refractivity (Wildman–Crippen MR) is 104 cm³/mol. The van der Waals surface area contributed by atoms with Crippen LogP contribution in [0.2, 0.25) is 0 Å². The van der Waals surface area contributed by atoms with E-state index < -0.39 is 0 Å². The maximum atomic E-state index is 12.2. The number of carbonyl (C=O) groups is 3. The minimum atomic E-state index is -0.299. The van der Waals surface area contributed by atoms with Gasteiger partial charge in [0.1, 0.15) is 0 Å². The summed E-state index contributed by atoms with van der Waals surface area (Å²) >= 11 is 0. The average molecular weight is 363 g/mol. The highest BCUT2D eigenvalue weighted by Crippen LogP contribution is 2.33. The maximum absolute atomic E-state index is 12.2. The third kappa shape index (κ3) is 4.61. The molecular formula is C21H21N3O3. The Labute approximate surface area is 157 Å². The lowest BCUT2D eigenvalue weighted by Gasteiger charge is -2.10. The minimum Gasteiger partial charge on any atom is -0.356 e. The summed E-state index contributed by atoms with van der Waals surface area (Å²) in [5.41, 5.74) is 3.22. The molecule has 0 radical (unpaired) electrons. The summed E-state index contributed by atoms with van der Waals surface area (Å²) in [5.74, 6) is -0.698. The van der Waals surface area contributed by atoms with Crippen LogP contribution in [0.5, 0.6) is 0 Å². The van der Waals surface area contributed by atoms with Crippen LogP contribution in [-0.4, -0.2) is 24.3 Å². The van der Waals surface area contributed by atoms with E-state index in [1.807, 2.05) is 30.3 Å². The van der Waals surface area contributed by atoms with Crippen molar-refractivity contribution in [1.29, 1.82) is 0 Å². The van der Waals surface area contributed by atoms with Gasteiger partial charge in [-0.2, -0.15) is 0 Å². The van der Waals surface area contributed by atoms with E-state index >= 15 is 0 Å². The predicted octanol–water partition coefficient (Wildman–Crippen LogP) is 2.60. The van der Waals surface area contributed by atoms with Crippen LogP contribution >= 0.6 is 0 Å². The lowest BCUT2D eigenvalue weighted by molar-refractivity contribution is -0.121. The summed E-state index contributed by atoms with van der Waals surface area (Å²) in [6.07, 6.45) is 1.94. The summed E-state index contributed by atoms with van der Waals surface area (Å²) in [5, 5.41) is 8.38. The molecule has 138 valence electrons. The molecule has 6 heteroatoms. The topological polar surface area (TPSA) is 87.3 Å². The Hall–Kier alpha value is -3.41.